The summed E-state index contributed by atoms with van der Waals surface area (Å²) in [7, 11) is 0. The van der Waals surface area contributed by atoms with Gasteiger partial charge in [0.2, 0.25) is 16.9 Å². The van der Waals surface area contributed by atoms with Crippen molar-refractivity contribution >= 4 is 39.9 Å². The van der Waals surface area contributed by atoms with Crippen molar-refractivity contribution in [2.75, 3.05) is 38.0 Å². The van der Waals surface area contributed by atoms with Crippen LogP contribution in [0.15, 0.2) is 29.8 Å². The number of hydrogen-bond acceptors (Lipinski definition) is 6. The maximum Gasteiger partial charge on any atom is 0.240 e. The quantitative estimate of drug-likeness (QED) is 0.823. The highest BCUT2D eigenvalue weighted by atomic mass is 35.5. The summed E-state index contributed by atoms with van der Waals surface area (Å²) in [6.07, 6.45) is 1.77. The first kappa shape index (κ1) is 18.3. The van der Waals surface area contributed by atoms with Gasteiger partial charge in [0, 0.05) is 31.2 Å². The van der Waals surface area contributed by atoms with Gasteiger partial charge in [-0.2, -0.15) is 0 Å². The molecular weight excluding hydrogens is 386 g/mol. The lowest BCUT2D eigenvalue weighted by molar-refractivity contribution is -0.135. The summed E-state index contributed by atoms with van der Waals surface area (Å²) < 4.78 is 0. The van der Waals surface area contributed by atoms with Crippen LogP contribution in [-0.2, 0) is 15.0 Å². The number of halogens is 1. The van der Waals surface area contributed by atoms with Crippen molar-refractivity contribution in [3.63, 3.8) is 0 Å². The lowest BCUT2D eigenvalue weighted by atomic mass is 9.94. The third-order valence-electron chi connectivity index (χ3n) is 5.19. The van der Waals surface area contributed by atoms with E-state index in [0.29, 0.717) is 42.9 Å². The fourth-order valence-corrected chi connectivity index (χ4v) is 4.11. The molecule has 2 aliphatic rings. The fraction of sp³-hybridized carbons (Fsp3) is 0.444. The number of aromatic nitrogens is 2. The van der Waals surface area contributed by atoms with Crippen LogP contribution < -0.4 is 5.32 Å². The normalized spacial score (nSPS) is 18.9. The molecule has 9 heteroatoms. The number of rotatable bonds is 5. The average molecular weight is 406 g/mol. The van der Waals surface area contributed by atoms with Gasteiger partial charge in [-0.1, -0.05) is 35.1 Å². The highest BCUT2D eigenvalue weighted by Crippen LogP contribution is 2.49. The maximum absolute atomic E-state index is 13.1. The predicted molar refractivity (Wildman–Crippen MR) is 104 cm³/mol. The second-order valence-corrected chi connectivity index (χ2v) is 8.22. The Bertz CT molecular complexity index is 815. The van der Waals surface area contributed by atoms with Gasteiger partial charge in [-0.05, 0) is 30.5 Å². The van der Waals surface area contributed by atoms with Gasteiger partial charge in [0.05, 0.1) is 12.0 Å². The largest absolute Gasteiger partial charge is 0.339 e. The summed E-state index contributed by atoms with van der Waals surface area (Å²) >= 11 is 7.26. The molecule has 1 aromatic carbocycles. The van der Waals surface area contributed by atoms with Crippen molar-refractivity contribution in [3.8, 4) is 0 Å². The zero-order valence-corrected chi connectivity index (χ0v) is 16.3. The lowest BCUT2D eigenvalue weighted by Gasteiger charge is -2.36. The maximum atomic E-state index is 13.1. The van der Waals surface area contributed by atoms with E-state index >= 15 is 0 Å². The molecule has 1 saturated heterocycles. The number of anilines is 1. The number of nitrogens with zero attached hydrogens (tertiary/aromatic N) is 4. The van der Waals surface area contributed by atoms with E-state index in [0.717, 1.165) is 18.4 Å². The molecular formula is C18H20ClN5O2S. The van der Waals surface area contributed by atoms with Gasteiger partial charge in [0.15, 0.2) is 0 Å². The molecule has 27 heavy (non-hydrogen) atoms. The van der Waals surface area contributed by atoms with E-state index in [-0.39, 0.29) is 17.2 Å². The monoisotopic (exact) mass is 405 g/mol. The molecule has 1 aromatic heterocycles. The molecule has 0 atom stereocenters. The number of nitrogens with one attached hydrogen (secondary N) is 1. The van der Waals surface area contributed by atoms with Crippen LogP contribution in [0.5, 0.6) is 0 Å². The minimum absolute atomic E-state index is 0.105. The van der Waals surface area contributed by atoms with Crippen molar-refractivity contribution in [1.29, 1.82) is 0 Å². The Balaban J connectivity index is 1.30. The molecule has 4 rings (SSSR count). The molecule has 1 N–H and O–H groups in total. The second kappa shape index (κ2) is 7.53. The Labute approximate surface area is 166 Å². The number of benzene rings is 1. The van der Waals surface area contributed by atoms with Crippen molar-refractivity contribution in [2.45, 2.75) is 18.3 Å². The van der Waals surface area contributed by atoms with Crippen LogP contribution in [0.1, 0.15) is 18.4 Å². The minimum atomic E-state index is -0.373. The number of carbonyl (C=O) groups excluding carboxylic acids is 2. The van der Waals surface area contributed by atoms with Gasteiger partial charge in [0.25, 0.3) is 0 Å². The molecule has 7 nitrogen and oxygen atoms in total. The molecule has 0 unspecified atom stereocenters. The standard InChI is InChI=1S/C18H20ClN5O2S/c19-14-3-1-13(2-4-14)18(5-6-18)16(26)24-9-7-23(8-10-24)11-15(25)21-17-22-20-12-27-17/h1-4,12H,5-11H2,(H,21,22,25). The van der Waals surface area contributed by atoms with Crippen molar-refractivity contribution in [1.82, 2.24) is 20.0 Å². The summed E-state index contributed by atoms with van der Waals surface area (Å²) in [5.74, 6) is 0.0918. The van der Waals surface area contributed by atoms with Crippen LogP contribution in [0.2, 0.25) is 5.02 Å². The Hall–Kier alpha value is -2.03. The molecule has 2 fully saturated rings. The third kappa shape index (κ3) is 3.97. The van der Waals surface area contributed by atoms with Crippen LogP contribution >= 0.6 is 22.9 Å². The summed E-state index contributed by atoms with van der Waals surface area (Å²) in [6, 6.07) is 7.61. The smallest absolute Gasteiger partial charge is 0.240 e. The highest BCUT2D eigenvalue weighted by Gasteiger charge is 2.53. The molecule has 0 spiro atoms. The van der Waals surface area contributed by atoms with E-state index in [1.165, 1.54) is 11.3 Å². The predicted octanol–water partition coefficient (Wildman–Crippen LogP) is 2.01. The first-order valence-corrected chi connectivity index (χ1v) is 10.2. The molecule has 0 bridgehead atoms. The Morgan fingerprint density at radius 3 is 2.44 bits per heavy atom. The van der Waals surface area contributed by atoms with Gasteiger partial charge in [-0.3, -0.25) is 19.8 Å². The summed E-state index contributed by atoms with van der Waals surface area (Å²) in [6.45, 7) is 2.95. The Kier molecular flexibility index (Phi) is 5.12. The molecule has 2 aromatic rings. The van der Waals surface area contributed by atoms with Gasteiger partial charge in [-0.25, -0.2) is 0 Å². The van der Waals surface area contributed by atoms with Crippen LogP contribution in [0.3, 0.4) is 0 Å². The van der Waals surface area contributed by atoms with E-state index in [2.05, 4.69) is 20.4 Å². The zero-order valence-electron chi connectivity index (χ0n) is 14.7. The van der Waals surface area contributed by atoms with Crippen molar-refractivity contribution in [2.24, 2.45) is 0 Å². The van der Waals surface area contributed by atoms with Crippen LogP contribution in [0.25, 0.3) is 0 Å². The lowest BCUT2D eigenvalue weighted by Crippen LogP contribution is -2.52. The highest BCUT2D eigenvalue weighted by molar-refractivity contribution is 7.13. The van der Waals surface area contributed by atoms with Crippen LogP contribution in [0, 0.1) is 0 Å². The minimum Gasteiger partial charge on any atom is -0.339 e. The van der Waals surface area contributed by atoms with E-state index in [1.807, 2.05) is 29.2 Å². The number of hydrogen-bond donors (Lipinski definition) is 1. The topological polar surface area (TPSA) is 78.4 Å². The summed E-state index contributed by atoms with van der Waals surface area (Å²) in [5, 5.41) is 11.4. The van der Waals surface area contributed by atoms with Gasteiger partial charge in [0.1, 0.15) is 5.51 Å². The summed E-state index contributed by atoms with van der Waals surface area (Å²) in [4.78, 5) is 29.1. The van der Waals surface area contributed by atoms with Gasteiger partial charge < -0.3 is 4.90 Å². The van der Waals surface area contributed by atoms with E-state index in [1.54, 1.807) is 5.51 Å². The van der Waals surface area contributed by atoms with E-state index in [9.17, 15) is 9.59 Å². The number of amides is 2. The fourth-order valence-electron chi connectivity index (χ4n) is 3.52. The molecule has 2 amide bonds. The van der Waals surface area contributed by atoms with E-state index < -0.39 is 0 Å². The number of carbonyl (C=O) groups is 2. The van der Waals surface area contributed by atoms with Crippen molar-refractivity contribution < 1.29 is 9.59 Å². The summed E-state index contributed by atoms with van der Waals surface area (Å²) in [5.41, 5.74) is 2.26. The Morgan fingerprint density at radius 2 is 1.85 bits per heavy atom. The molecule has 1 aliphatic carbocycles. The molecule has 0 radical (unpaired) electrons. The first-order valence-electron chi connectivity index (χ1n) is 8.91. The molecule has 142 valence electrons. The molecule has 1 aliphatic heterocycles. The SMILES string of the molecule is O=C(CN1CCN(C(=O)C2(c3ccc(Cl)cc3)CC2)CC1)Nc1nncs1. The van der Waals surface area contributed by atoms with Gasteiger partial charge in [-0.15, -0.1) is 10.2 Å². The average Bonchev–Trinajstić information content (AvgIpc) is 3.32. The molecule has 1 saturated carbocycles. The van der Waals surface area contributed by atoms with Crippen LogP contribution in [-0.4, -0.2) is 64.5 Å². The third-order valence-corrected chi connectivity index (χ3v) is 6.05. The van der Waals surface area contributed by atoms with Gasteiger partial charge >= 0.3 is 0 Å². The van der Waals surface area contributed by atoms with E-state index in [4.69, 9.17) is 11.6 Å². The first-order chi connectivity index (χ1) is 13.1. The second-order valence-electron chi connectivity index (χ2n) is 6.95. The number of piperazine rings is 1. The zero-order chi connectivity index (χ0) is 18.9. The van der Waals surface area contributed by atoms with Crippen LogP contribution in [0.4, 0.5) is 5.13 Å². The van der Waals surface area contributed by atoms with Crippen molar-refractivity contribution in [3.05, 3.63) is 40.4 Å². The molecule has 2 heterocycles. The Morgan fingerprint density at radius 1 is 1.15 bits per heavy atom.